The molecular weight excluding hydrogens is 237 g/mol. The molecule has 0 amide bonds. The van der Waals surface area contributed by atoms with Crippen molar-refractivity contribution in [2.45, 2.75) is 12.8 Å². The summed E-state index contributed by atoms with van der Waals surface area (Å²) in [5.41, 5.74) is -0.580. The summed E-state index contributed by atoms with van der Waals surface area (Å²) in [6.45, 7) is 0.344. The first kappa shape index (κ1) is 11.4. The predicted octanol–water partition coefficient (Wildman–Crippen LogP) is 4.07. The summed E-state index contributed by atoms with van der Waals surface area (Å²) in [5, 5.41) is 0.257. The van der Waals surface area contributed by atoms with Crippen molar-refractivity contribution in [1.29, 1.82) is 0 Å². The van der Waals surface area contributed by atoms with Gasteiger partial charge in [-0.2, -0.15) is 13.2 Å². The van der Waals surface area contributed by atoms with Gasteiger partial charge in [0.2, 0.25) is 0 Å². The van der Waals surface area contributed by atoms with Crippen LogP contribution < -0.4 is 0 Å². The largest absolute Gasteiger partial charge is 0.417 e. The molecule has 0 spiro atoms. The molecule has 0 fully saturated rings. The van der Waals surface area contributed by atoms with Crippen LogP contribution in [0.1, 0.15) is 10.4 Å². The maximum absolute atomic E-state index is 12.7. The van der Waals surface area contributed by atoms with Gasteiger partial charge in [-0.15, -0.1) is 11.3 Å². The van der Waals surface area contributed by atoms with Gasteiger partial charge in [-0.3, -0.25) is 0 Å². The van der Waals surface area contributed by atoms with Crippen LogP contribution in [-0.2, 0) is 17.5 Å². The van der Waals surface area contributed by atoms with Crippen molar-refractivity contribution in [3.8, 4) is 0 Å². The monoisotopic (exact) mass is 246 g/mol. The van der Waals surface area contributed by atoms with Crippen molar-refractivity contribution < 1.29 is 17.9 Å². The van der Waals surface area contributed by atoms with E-state index in [1.54, 1.807) is 12.1 Å². The van der Waals surface area contributed by atoms with Crippen LogP contribution in [0.3, 0.4) is 0 Å². The summed E-state index contributed by atoms with van der Waals surface area (Å²) >= 11 is 1.33. The Labute approximate surface area is 94.5 Å². The Bertz CT molecular complexity index is 501. The molecule has 0 aliphatic heterocycles. The number of benzene rings is 1. The third kappa shape index (κ3) is 2.05. The maximum Gasteiger partial charge on any atom is 0.417 e. The molecular formula is C11H9F3OS. The minimum atomic E-state index is -4.30. The molecule has 0 atom stereocenters. The average Bonchev–Trinajstić information content (AvgIpc) is 2.58. The lowest BCUT2D eigenvalue weighted by atomic mass is 10.1. The number of rotatable bonds is 2. The van der Waals surface area contributed by atoms with E-state index >= 15 is 0 Å². The second-order valence-electron chi connectivity index (χ2n) is 3.36. The Morgan fingerprint density at radius 2 is 2.06 bits per heavy atom. The van der Waals surface area contributed by atoms with Crippen LogP contribution in [0, 0.1) is 0 Å². The third-order valence-electron chi connectivity index (χ3n) is 2.20. The van der Waals surface area contributed by atoms with Gasteiger partial charge in [0.15, 0.2) is 0 Å². The molecule has 0 bridgehead atoms. The normalized spacial score (nSPS) is 12.2. The van der Waals surface area contributed by atoms with Crippen molar-refractivity contribution in [1.82, 2.24) is 0 Å². The van der Waals surface area contributed by atoms with Crippen molar-refractivity contribution >= 4 is 21.4 Å². The highest BCUT2D eigenvalue weighted by Crippen LogP contribution is 2.37. The van der Waals surface area contributed by atoms with Gasteiger partial charge >= 0.3 is 6.18 Å². The first-order chi connectivity index (χ1) is 7.52. The van der Waals surface area contributed by atoms with Gasteiger partial charge in [0.25, 0.3) is 0 Å². The molecule has 0 unspecified atom stereocenters. The molecule has 2 aromatic rings. The fourth-order valence-electron chi connectivity index (χ4n) is 1.57. The number of thiophene rings is 1. The van der Waals surface area contributed by atoms with E-state index in [1.807, 2.05) is 0 Å². The van der Waals surface area contributed by atoms with Crippen molar-refractivity contribution in [3.63, 3.8) is 0 Å². The molecule has 1 aromatic heterocycles. The Hall–Kier alpha value is -1.07. The number of alkyl halides is 3. The maximum atomic E-state index is 12.7. The lowest BCUT2D eigenvalue weighted by molar-refractivity contribution is -0.136. The van der Waals surface area contributed by atoms with E-state index in [0.717, 1.165) is 10.9 Å². The predicted molar refractivity (Wildman–Crippen MR) is 57.5 cm³/mol. The minimum Gasteiger partial charge on any atom is -0.379 e. The molecule has 1 nitrogen and oxygen atoms in total. The van der Waals surface area contributed by atoms with Crippen LogP contribution in [0.5, 0.6) is 0 Å². The number of methoxy groups -OCH3 is 1. The highest BCUT2D eigenvalue weighted by molar-refractivity contribution is 7.19. The summed E-state index contributed by atoms with van der Waals surface area (Å²) in [5.74, 6) is 0. The Balaban J connectivity index is 2.59. The lowest BCUT2D eigenvalue weighted by Crippen LogP contribution is -2.04. The van der Waals surface area contributed by atoms with Crippen molar-refractivity contribution in [2.24, 2.45) is 0 Å². The van der Waals surface area contributed by atoms with Crippen LogP contribution in [0.2, 0.25) is 0 Å². The van der Waals surface area contributed by atoms with Crippen molar-refractivity contribution in [3.05, 3.63) is 34.7 Å². The third-order valence-corrected chi connectivity index (χ3v) is 3.28. The van der Waals surface area contributed by atoms with Gasteiger partial charge in [-0.25, -0.2) is 0 Å². The number of fused-ring (bicyclic) bond motifs is 1. The second kappa shape index (κ2) is 4.07. The van der Waals surface area contributed by atoms with E-state index in [9.17, 15) is 13.2 Å². The Morgan fingerprint density at radius 3 is 2.69 bits per heavy atom. The summed E-state index contributed by atoms with van der Waals surface area (Å²) in [4.78, 5) is 0.800. The van der Waals surface area contributed by atoms with E-state index in [0.29, 0.717) is 11.3 Å². The molecule has 2 rings (SSSR count). The molecule has 0 aliphatic rings. The summed E-state index contributed by atoms with van der Waals surface area (Å²) in [6, 6.07) is 5.77. The molecule has 5 heteroatoms. The number of hydrogen-bond donors (Lipinski definition) is 0. The Kier molecular flexibility index (Phi) is 2.90. The lowest BCUT2D eigenvalue weighted by Gasteiger charge is -2.06. The first-order valence-corrected chi connectivity index (χ1v) is 5.41. The van der Waals surface area contributed by atoms with E-state index in [-0.39, 0.29) is 5.39 Å². The number of halogens is 3. The molecule has 86 valence electrons. The zero-order valence-corrected chi connectivity index (χ0v) is 9.28. The molecule has 0 aliphatic carbocycles. The topological polar surface area (TPSA) is 9.23 Å². The summed E-state index contributed by atoms with van der Waals surface area (Å²) < 4.78 is 43.6. The van der Waals surface area contributed by atoms with Gasteiger partial charge in [-0.1, -0.05) is 6.07 Å². The molecule has 16 heavy (non-hydrogen) atoms. The highest BCUT2D eigenvalue weighted by atomic mass is 32.1. The van der Waals surface area contributed by atoms with E-state index in [1.165, 1.54) is 24.5 Å². The van der Waals surface area contributed by atoms with Gasteiger partial charge in [-0.05, 0) is 18.2 Å². The van der Waals surface area contributed by atoms with Crippen LogP contribution in [0.4, 0.5) is 13.2 Å². The summed E-state index contributed by atoms with van der Waals surface area (Å²) in [6.07, 6.45) is -4.30. The smallest absolute Gasteiger partial charge is 0.379 e. The van der Waals surface area contributed by atoms with Crippen LogP contribution in [0.15, 0.2) is 24.3 Å². The minimum absolute atomic E-state index is 0.257. The highest BCUT2D eigenvalue weighted by Gasteiger charge is 2.32. The van der Waals surface area contributed by atoms with Crippen LogP contribution >= 0.6 is 11.3 Å². The van der Waals surface area contributed by atoms with E-state index < -0.39 is 11.7 Å². The van der Waals surface area contributed by atoms with E-state index in [4.69, 9.17) is 4.74 Å². The van der Waals surface area contributed by atoms with Crippen LogP contribution in [-0.4, -0.2) is 7.11 Å². The quantitative estimate of drug-likeness (QED) is 0.776. The molecule has 0 N–H and O–H groups in total. The van der Waals surface area contributed by atoms with Gasteiger partial charge in [0.1, 0.15) is 0 Å². The van der Waals surface area contributed by atoms with Gasteiger partial charge in [0.05, 0.1) is 12.2 Å². The molecule has 0 radical (unpaired) electrons. The van der Waals surface area contributed by atoms with Gasteiger partial charge in [0, 0.05) is 22.1 Å². The zero-order valence-electron chi connectivity index (χ0n) is 8.47. The van der Waals surface area contributed by atoms with Gasteiger partial charge < -0.3 is 4.74 Å². The standard InChI is InChI=1S/C11H9F3OS/c1-15-6-7-5-8-9(11(12,13)14)3-2-4-10(8)16-7/h2-5H,6H2,1H3. The average molecular weight is 246 g/mol. The molecule has 1 heterocycles. The second-order valence-corrected chi connectivity index (χ2v) is 4.53. The first-order valence-electron chi connectivity index (χ1n) is 4.60. The molecule has 1 aromatic carbocycles. The van der Waals surface area contributed by atoms with E-state index in [2.05, 4.69) is 0 Å². The Morgan fingerprint density at radius 1 is 1.31 bits per heavy atom. The van der Waals surface area contributed by atoms with Crippen molar-refractivity contribution in [2.75, 3.05) is 7.11 Å². The number of hydrogen-bond acceptors (Lipinski definition) is 2. The fraction of sp³-hybridized carbons (Fsp3) is 0.273. The fourth-order valence-corrected chi connectivity index (χ4v) is 2.64. The number of ether oxygens (including phenoxy) is 1. The zero-order chi connectivity index (χ0) is 11.8. The SMILES string of the molecule is COCc1cc2c(C(F)(F)F)cccc2s1. The molecule has 0 saturated heterocycles. The summed E-state index contributed by atoms with van der Waals surface area (Å²) in [7, 11) is 1.52. The van der Waals surface area contributed by atoms with Crippen LogP contribution in [0.25, 0.3) is 10.1 Å². The molecule has 0 saturated carbocycles.